The van der Waals surface area contributed by atoms with Gasteiger partial charge in [-0.1, -0.05) is 17.7 Å². The van der Waals surface area contributed by atoms with E-state index in [4.69, 9.17) is 11.6 Å². The van der Waals surface area contributed by atoms with Crippen LogP contribution in [0.3, 0.4) is 0 Å². The fraction of sp³-hybridized carbons (Fsp3) is 0.200. The van der Waals surface area contributed by atoms with Crippen LogP contribution < -0.4 is 5.32 Å². The molecular weight excluding hydrogens is 249 g/mol. The van der Waals surface area contributed by atoms with E-state index in [-0.39, 0.29) is 5.82 Å². The molecule has 18 heavy (non-hydrogen) atoms. The molecule has 1 N–H and O–H groups in total. The van der Waals surface area contributed by atoms with Crippen LogP contribution in [0.25, 0.3) is 0 Å². The Hall–Kier alpha value is -1.54. The molecule has 1 unspecified atom stereocenters. The van der Waals surface area contributed by atoms with E-state index in [1.807, 2.05) is 12.1 Å². The molecule has 1 aliphatic rings. The van der Waals surface area contributed by atoms with Crippen LogP contribution in [0, 0.1) is 5.82 Å². The first kappa shape index (κ1) is 11.5. The number of anilines is 1. The molecule has 0 saturated heterocycles. The van der Waals surface area contributed by atoms with Crippen LogP contribution >= 0.6 is 11.6 Å². The highest BCUT2D eigenvalue weighted by Gasteiger charge is 2.22. The third-order valence-corrected chi connectivity index (χ3v) is 3.60. The van der Waals surface area contributed by atoms with Gasteiger partial charge in [0.2, 0.25) is 0 Å². The molecule has 0 fully saturated rings. The minimum atomic E-state index is -0.209. The lowest BCUT2D eigenvalue weighted by Crippen LogP contribution is -2.06. The quantitative estimate of drug-likeness (QED) is 0.834. The van der Waals surface area contributed by atoms with Crippen molar-refractivity contribution in [3.8, 4) is 0 Å². The van der Waals surface area contributed by atoms with Gasteiger partial charge >= 0.3 is 0 Å². The number of hydrogen-bond acceptors (Lipinski definition) is 1. The summed E-state index contributed by atoms with van der Waals surface area (Å²) in [6.07, 6.45) is 2.09. The molecule has 0 saturated carbocycles. The van der Waals surface area contributed by atoms with Crippen molar-refractivity contribution in [2.75, 3.05) is 5.32 Å². The summed E-state index contributed by atoms with van der Waals surface area (Å²) in [6.45, 7) is 0. The summed E-state index contributed by atoms with van der Waals surface area (Å²) in [4.78, 5) is 0. The summed E-state index contributed by atoms with van der Waals surface area (Å²) in [5.74, 6) is -0.209. The normalized spacial score (nSPS) is 17.6. The zero-order valence-corrected chi connectivity index (χ0v) is 10.5. The SMILES string of the molecule is Fc1ccc(NC2CCc3cc(Cl)ccc32)cc1. The minimum Gasteiger partial charge on any atom is -0.378 e. The van der Waals surface area contributed by atoms with Crippen LogP contribution in [0.4, 0.5) is 10.1 Å². The van der Waals surface area contributed by atoms with Gasteiger partial charge in [0.05, 0.1) is 6.04 Å². The Morgan fingerprint density at radius 3 is 2.67 bits per heavy atom. The molecule has 0 spiro atoms. The van der Waals surface area contributed by atoms with Gasteiger partial charge in [-0.05, 0) is 60.4 Å². The first-order valence-electron chi connectivity index (χ1n) is 6.03. The first-order chi connectivity index (χ1) is 8.72. The maximum atomic E-state index is 12.8. The maximum absolute atomic E-state index is 12.8. The van der Waals surface area contributed by atoms with E-state index in [0.29, 0.717) is 6.04 Å². The molecule has 0 aliphatic heterocycles. The second kappa shape index (κ2) is 4.62. The molecule has 0 aromatic heterocycles. The fourth-order valence-electron chi connectivity index (χ4n) is 2.48. The fourth-order valence-corrected chi connectivity index (χ4v) is 2.68. The Bertz CT molecular complexity index is 565. The van der Waals surface area contributed by atoms with E-state index < -0.39 is 0 Å². The van der Waals surface area contributed by atoms with Gasteiger partial charge in [0.25, 0.3) is 0 Å². The van der Waals surface area contributed by atoms with Gasteiger partial charge in [-0.25, -0.2) is 4.39 Å². The van der Waals surface area contributed by atoms with Crippen molar-refractivity contribution >= 4 is 17.3 Å². The minimum absolute atomic E-state index is 0.209. The van der Waals surface area contributed by atoms with Crippen LogP contribution in [-0.4, -0.2) is 0 Å². The molecule has 0 heterocycles. The van der Waals surface area contributed by atoms with Crippen molar-refractivity contribution in [3.63, 3.8) is 0 Å². The Labute approximate surface area is 111 Å². The Kier molecular flexibility index (Phi) is 2.96. The van der Waals surface area contributed by atoms with Crippen molar-refractivity contribution in [2.24, 2.45) is 0 Å². The van der Waals surface area contributed by atoms with Crippen molar-refractivity contribution in [3.05, 3.63) is 64.4 Å². The summed E-state index contributed by atoms with van der Waals surface area (Å²) in [5, 5.41) is 4.22. The van der Waals surface area contributed by atoms with Crippen LogP contribution in [0.1, 0.15) is 23.6 Å². The molecule has 0 bridgehead atoms. The average molecular weight is 262 g/mol. The smallest absolute Gasteiger partial charge is 0.123 e. The lowest BCUT2D eigenvalue weighted by atomic mass is 10.1. The summed E-state index contributed by atoms with van der Waals surface area (Å²) < 4.78 is 12.8. The van der Waals surface area contributed by atoms with Gasteiger partial charge in [0.15, 0.2) is 0 Å². The monoisotopic (exact) mass is 261 g/mol. The van der Waals surface area contributed by atoms with Crippen LogP contribution in [0.15, 0.2) is 42.5 Å². The predicted molar refractivity (Wildman–Crippen MR) is 72.5 cm³/mol. The Balaban J connectivity index is 1.82. The molecule has 2 aromatic rings. The molecular formula is C15H13ClFN. The van der Waals surface area contributed by atoms with E-state index in [2.05, 4.69) is 11.4 Å². The lowest BCUT2D eigenvalue weighted by Gasteiger charge is -2.15. The van der Waals surface area contributed by atoms with Crippen molar-refractivity contribution < 1.29 is 4.39 Å². The zero-order chi connectivity index (χ0) is 12.5. The van der Waals surface area contributed by atoms with Crippen LogP contribution in [0.5, 0.6) is 0 Å². The second-order valence-corrected chi connectivity index (χ2v) is 5.02. The molecule has 3 rings (SSSR count). The van der Waals surface area contributed by atoms with E-state index in [0.717, 1.165) is 23.6 Å². The summed E-state index contributed by atoms with van der Waals surface area (Å²) in [6, 6.07) is 12.8. The van der Waals surface area contributed by atoms with Gasteiger partial charge in [0, 0.05) is 10.7 Å². The van der Waals surface area contributed by atoms with Crippen molar-refractivity contribution in [2.45, 2.75) is 18.9 Å². The molecule has 0 radical (unpaired) electrons. The molecule has 1 aliphatic carbocycles. The van der Waals surface area contributed by atoms with Gasteiger partial charge in [-0.15, -0.1) is 0 Å². The summed E-state index contributed by atoms with van der Waals surface area (Å²) in [7, 11) is 0. The summed E-state index contributed by atoms with van der Waals surface area (Å²) in [5.41, 5.74) is 3.55. The number of hydrogen-bond donors (Lipinski definition) is 1. The van der Waals surface area contributed by atoms with Gasteiger partial charge in [0.1, 0.15) is 5.82 Å². The Morgan fingerprint density at radius 2 is 1.89 bits per heavy atom. The molecule has 2 aromatic carbocycles. The molecule has 1 atom stereocenters. The highest BCUT2D eigenvalue weighted by Crippen LogP contribution is 2.35. The highest BCUT2D eigenvalue weighted by atomic mass is 35.5. The molecule has 3 heteroatoms. The van der Waals surface area contributed by atoms with Crippen LogP contribution in [0.2, 0.25) is 5.02 Å². The van der Waals surface area contributed by atoms with Gasteiger partial charge in [-0.2, -0.15) is 0 Å². The maximum Gasteiger partial charge on any atom is 0.123 e. The number of nitrogens with one attached hydrogen (secondary N) is 1. The Morgan fingerprint density at radius 1 is 1.11 bits per heavy atom. The van der Waals surface area contributed by atoms with Gasteiger partial charge < -0.3 is 5.32 Å². The van der Waals surface area contributed by atoms with Gasteiger partial charge in [-0.3, -0.25) is 0 Å². The largest absolute Gasteiger partial charge is 0.378 e. The van der Waals surface area contributed by atoms with Crippen molar-refractivity contribution in [1.29, 1.82) is 0 Å². The third kappa shape index (κ3) is 2.21. The van der Waals surface area contributed by atoms with E-state index >= 15 is 0 Å². The van der Waals surface area contributed by atoms with E-state index in [1.165, 1.54) is 23.3 Å². The molecule has 1 nitrogen and oxygen atoms in total. The second-order valence-electron chi connectivity index (χ2n) is 4.59. The topological polar surface area (TPSA) is 12.0 Å². The number of benzene rings is 2. The molecule has 0 amide bonds. The van der Waals surface area contributed by atoms with Crippen molar-refractivity contribution in [1.82, 2.24) is 0 Å². The average Bonchev–Trinajstić information content (AvgIpc) is 2.74. The number of halogens is 2. The lowest BCUT2D eigenvalue weighted by molar-refractivity contribution is 0.627. The highest BCUT2D eigenvalue weighted by molar-refractivity contribution is 6.30. The number of rotatable bonds is 2. The standard InChI is InChI=1S/C15H13ClFN/c16-11-2-7-14-10(9-11)1-8-15(14)18-13-5-3-12(17)4-6-13/h2-7,9,15,18H,1,8H2. The zero-order valence-electron chi connectivity index (χ0n) is 9.79. The van der Waals surface area contributed by atoms with E-state index in [1.54, 1.807) is 12.1 Å². The molecule has 92 valence electrons. The summed E-state index contributed by atoms with van der Waals surface area (Å²) >= 11 is 5.99. The third-order valence-electron chi connectivity index (χ3n) is 3.37. The predicted octanol–water partition coefficient (Wildman–Crippen LogP) is 4.58. The number of aryl methyl sites for hydroxylation is 1. The number of fused-ring (bicyclic) bond motifs is 1. The first-order valence-corrected chi connectivity index (χ1v) is 6.40. The van der Waals surface area contributed by atoms with E-state index in [9.17, 15) is 4.39 Å². The van der Waals surface area contributed by atoms with Crippen LogP contribution in [-0.2, 0) is 6.42 Å².